The van der Waals surface area contributed by atoms with Crippen molar-refractivity contribution in [2.45, 2.75) is 39.0 Å². The molecule has 2 N–H and O–H groups in total. The highest BCUT2D eigenvalue weighted by Crippen LogP contribution is 2.38. The molecule has 0 radical (unpaired) electrons. The van der Waals surface area contributed by atoms with E-state index in [1.807, 2.05) is 38.2 Å². The molecule has 3 heterocycles. The van der Waals surface area contributed by atoms with Crippen LogP contribution in [0.5, 0.6) is 5.75 Å². The highest BCUT2D eigenvalue weighted by Gasteiger charge is 2.29. The Hall–Kier alpha value is -3.66. The number of methoxy groups -OCH3 is 1. The van der Waals surface area contributed by atoms with Gasteiger partial charge in [-0.1, -0.05) is 13.0 Å². The minimum atomic E-state index is -1.43. The summed E-state index contributed by atoms with van der Waals surface area (Å²) in [6, 6.07) is 7.25. The van der Waals surface area contributed by atoms with Crippen LogP contribution in [0.25, 0.3) is 22.3 Å². The van der Waals surface area contributed by atoms with Gasteiger partial charge >= 0.3 is 0 Å². The van der Waals surface area contributed by atoms with E-state index in [2.05, 4.69) is 5.32 Å². The monoisotopic (exact) mass is 505 g/mol. The fourth-order valence-electron chi connectivity index (χ4n) is 4.78. The molecule has 1 aromatic carbocycles. The number of aromatic nitrogens is 2. The number of carbonyl (C=O) groups is 2. The number of hydrogen-bond donors (Lipinski definition) is 2. The summed E-state index contributed by atoms with van der Waals surface area (Å²) in [6.07, 6.45) is 3.08. The summed E-state index contributed by atoms with van der Waals surface area (Å²) in [5.74, 6) is 0.622. The summed E-state index contributed by atoms with van der Waals surface area (Å²) in [5.41, 5.74) is 4.68. The van der Waals surface area contributed by atoms with E-state index in [0.717, 1.165) is 41.3 Å². The van der Waals surface area contributed by atoms with Gasteiger partial charge in [0.15, 0.2) is 6.29 Å². The molecule has 0 bridgehead atoms. The maximum atomic E-state index is 13.3. The molecule has 9 nitrogen and oxygen atoms in total. The van der Waals surface area contributed by atoms with E-state index in [0.29, 0.717) is 42.0 Å². The number of nitrogens with zero attached hydrogens (tertiary/aromatic N) is 2. The van der Waals surface area contributed by atoms with Crippen molar-refractivity contribution in [2.24, 2.45) is 0 Å². The third-order valence-electron chi connectivity index (χ3n) is 6.62. The van der Waals surface area contributed by atoms with E-state index < -0.39 is 6.10 Å². The van der Waals surface area contributed by atoms with Crippen molar-refractivity contribution in [3.05, 3.63) is 68.5 Å². The smallest absolute Gasteiger partial charge is 0.257 e. The second-order valence-corrected chi connectivity index (χ2v) is 8.90. The first-order valence-corrected chi connectivity index (χ1v) is 12.2. The van der Waals surface area contributed by atoms with Crippen molar-refractivity contribution >= 4 is 23.5 Å². The highest BCUT2D eigenvalue weighted by atomic mass is 16.5. The second kappa shape index (κ2) is 11.6. The highest BCUT2D eigenvalue weighted by molar-refractivity contribution is 5.89. The average molecular weight is 506 g/mol. The molecule has 1 aliphatic rings. The predicted octanol–water partition coefficient (Wildman–Crippen LogP) is 2.48. The average Bonchev–Trinajstić information content (AvgIpc) is 3.28. The summed E-state index contributed by atoms with van der Waals surface area (Å²) in [5, 5.41) is 14.2. The van der Waals surface area contributed by atoms with Crippen molar-refractivity contribution in [3.63, 3.8) is 0 Å². The predicted molar refractivity (Wildman–Crippen MR) is 140 cm³/mol. The van der Waals surface area contributed by atoms with E-state index in [1.54, 1.807) is 10.6 Å². The van der Waals surface area contributed by atoms with Crippen LogP contribution in [-0.2, 0) is 33.9 Å². The van der Waals surface area contributed by atoms with Crippen molar-refractivity contribution < 1.29 is 24.2 Å². The van der Waals surface area contributed by atoms with Gasteiger partial charge in [-0.25, -0.2) is 4.98 Å². The molecule has 194 valence electrons. The van der Waals surface area contributed by atoms with E-state index in [1.165, 1.54) is 7.11 Å². The Bertz CT molecular complexity index is 1430. The van der Waals surface area contributed by atoms with Gasteiger partial charge in [0, 0.05) is 34.8 Å². The molecule has 37 heavy (non-hydrogen) atoms. The molecular weight excluding hydrogens is 474 g/mol. The molecule has 0 fully saturated rings. The molecule has 4 rings (SSSR count). The first-order chi connectivity index (χ1) is 18.0. The zero-order valence-corrected chi connectivity index (χ0v) is 21.2. The van der Waals surface area contributed by atoms with Gasteiger partial charge in [0.05, 0.1) is 30.1 Å². The summed E-state index contributed by atoms with van der Waals surface area (Å²) < 4.78 is 12.7. The SMILES string of the molecule is CCc1c2c(nc3ccc(OC/C(C=O)=C\CCNC)cc13)-c1cc(C(O)C=O)c(COC)c(=O)n1C2. The van der Waals surface area contributed by atoms with Gasteiger partial charge in [0.25, 0.3) is 5.56 Å². The Morgan fingerprint density at radius 1 is 1.27 bits per heavy atom. The van der Waals surface area contributed by atoms with Gasteiger partial charge in [-0.15, -0.1) is 0 Å². The summed E-state index contributed by atoms with van der Waals surface area (Å²) in [6.45, 7) is 3.31. The van der Waals surface area contributed by atoms with Crippen molar-refractivity contribution in [3.8, 4) is 17.1 Å². The minimum Gasteiger partial charge on any atom is -0.489 e. The molecule has 9 heteroatoms. The van der Waals surface area contributed by atoms with Gasteiger partial charge in [0.1, 0.15) is 24.7 Å². The standard InChI is InChI=1S/C28H31N3O6/c1-4-19-20-10-18(37-15-17(13-32)6-5-9-29-2)7-8-24(20)30-27-22(19)12-31-25(27)11-21(26(34)14-33)23(16-36-3)28(31)35/h6-8,10-11,13-14,26,29,34H,4-5,9,12,15-16H2,1-3H3/b17-6-. The van der Waals surface area contributed by atoms with Crippen LogP contribution in [0.4, 0.5) is 0 Å². The number of aliphatic hydroxyl groups is 1. The van der Waals surface area contributed by atoms with Crippen LogP contribution in [0.15, 0.2) is 40.7 Å². The quantitative estimate of drug-likeness (QED) is 0.171. The number of aliphatic hydroxyl groups excluding tert-OH is 1. The number of carbonyl (C=O) groups excluding carboxylic acids is 2. The van der Waals surface area contributed by atoms with Crippen LogP contribution in [0.2, 0.25) is 0 Å². The van der Waals surface area contributed by atoms with Crippen LogP contribution in [-0.4, -0.2) is 54.5 Å². The second-order valence-electron chi connectivity index (χ2n) is 8.90. The number of benzene rings is 1. The summed E-state index contributed by atoms with van der Waals surface area (Å²) >= 11 is 0. The van der Waals surface area contributed by atoms with E-state index in [4.69, 9.17) is 14.5 Å². The number of nitrogens with one attached hydrogen (secondary N) is 1. The fourth-order valence-corrected chi connectivity index (χ4v) is 4.78. The lowest BCUT2D eigenvalue weighted by Gasteiger charge is -2.14. The van der Waals surface area contributed by atoms with Crippen LogP contribution < -0.4 is 15.6 Å². The molecule has 0 amide bonds. The Kier molecular flexibility index (Phi) is 8.27. The summed E-state index contributed by atoms with van der Waals surface area (Å²) in [7, 11) is 3.32. The van der Waals surface area contributed by atoms with Crippen molar-refractivity contribution in [1.29, 1.82) is 0 Å². The van der Waals surface area contributed by atoms with Gasteiger partial charge in [-0.05, 0) is 56.3 Å². The fraction of sp³-hybridized carbons (Fsp3) is 0.357. The number of rotatable bonds is 12. The topological polar surface area (TPSA) is 120 Å². The molecule has 0 saturated carbocycles. The Morgan fingerprint density at radius 3 is 2.76 bits per heavy atom. The molecule has 1 atom stereocenters. The van der Waals surface area contributed by atoms with Gasteiger partial charge in [-0.2, -0.15) is 0 Å². The Morgan fingerprint density at radius 2 is 2.08 bits per heavy atom. The minimum absolute atomic E-state index is 0.0153. The molecule has 0 aliphatic carbocycles. The van der Waals surface area contributed by atoms with Crippen LogP contribution in [0.1, 0.15) is 41.7 Å². The molecule has 2 aromatic heterocycles. The number of pyridine rings is 2. The third-order valence-corrected chi connectivity index (χ3v) is 6.62. The Labute approximate surface area is 214 Å². The lowest BCUT2D eigenvalue weighted by Crippen LogP contribution is -2.26. The number of ether oxygens (including phenoxy) is 2. The first kappa shape index (κ1) is 26.4. The van der Waals surface area contributed by atoms with Crippen LogP contribution in [0, 0.1) is 0 Å². The maximum absolute atomic E-state index is 13.3. The van der Waals surface area contributed by atoms with E-state index in [9.17, 15) is 19.5 Å². The molecule has 3 aromatic rings. The Balaban J connectivity index is 1.76. The third kappa shape index (κ3) is 5.11. The summed E-state index contributed by atoms with van der Waals surface area (Å²) in [4.78, 5) is 41.0. The molecular formula is C28H31N3O6. The lowest BCUT2D eigenvalue weighted by molar-refractivity contribution is -0.115. The van der Waals surface area contributed by atoms with E-state index >= 15 is 0 Å². The van der Waals surface area contributed by atoms with Crippen molar-refractivity contribution in [2.75, 3.05) is 27.3 Å². The first-order valence-electron chi connectivity index (χ1n) is 12.2. The maximum Gasteiger partial charge on any atom is 0.257 e. The van der Waals surface area contributed by atoms with Gasteiger partial charge in [-0.3, -0.25) is 9.59 Å². The number of fused-ring (bicyclic) bond motifs is 4. The van der Waals surface area contributed by atoms with Crippen LogP contribution >= 0.6 is 0 Å². The van der Waals surface area contributed by atoms with Crippen molar-refractivity contribution in [1.82, 2.24) is 14.9 Å². The number of hydrogen-bond acceptors (Lipinski definition) is 8. The normalized spacial score (nSPS) is 13.4. The lowest BCUT2D eigenvalue weighted by atomic mass is 9.98. The van der Waals surface area contributed by atoms with Crippen LogP contribution in [0.3, 0.4) is 0 Å². The molecule has 0 saturated heterocycles. The number of aryl methyl sites for hydroxylation is 1. The van der Waals surface area contributed by atoms with Gasteiger partial charge in [0.2, 0.25) is 0 Å². The largest absolute Gasteiger partial charge is 0.489 e. The van der Waals surface area contributed by atoms with Gasteiger partial charge < -0.3 is 29.3 Å². The molecule has 0 spiro atoms. The molecule has 1 unspecified atom stereocenters. The zero-order chi connectivity index (χ0) is 26.5. The zero-order valence-electron chi connectivity index (χ0n) is 21.2. The molecule has 1 aliphatic heterocycles. The number of aldehydes is 2. The van der Waals surface area contributed by atoms with E-state index in [-0.39, 0.29) is 29.9 Å².